The van der Waals surface area contributed by atoms with E-state index in [0.29, 0.717) is 0 Å². The molecule has 4 aromatic rings. The number of ether oxygens (including phenoxy) is 1. The van der Waals surface area contributed by atoms with Crippen LogP contribution in [0.15, 0.2) is 79.0 Å². The van der Waals surface area contributed by atoms with Gasteiger partial charge in [-0.2, -0.15) is 0 Å². The molecule has 1 atom stereocenters. The topological polar surface area (TPSA) is 37.0 Å². The fraction of sp³-hybridized carbons (Fsp3) is 0.130. The Kier molecular flexibility index (Phi) is 4.36. The lowest BCUT2D eigenvalue weighted by molar-refractivity contribution is 0.415. The summed E-state index contributed by atoms with van der Waals surface area (Å²) in [5.41, 5.74) is 5.94. The van der Waals surface area contributed by atoms with Gasteiger partial charge in [0.25, 0.3) is 0 Å². The summed E-state index contributed by atoms with van der Waals surface area (Å²) in [6.07, 6.45) is 2.10. The summed E-state index contributed by atoms with van der Waals surface area (Å²) in [5.74, 6) is 0.856. The normalized spacial score (nSPS) is 12.1. The van der Waals surface area contributed by atoms with Gasteiger partial charge in [0.15, 0.2) is 0 Å². The van der Waals surface area contributed by atoms with Gasteiger partial charge in [-0.3, -0.25) is 0 Å². The highest BCUT2D eigenvalue weighted by Gasteiger charge is 2.18. The minimum Gasteiger partial charge on any atom is -0.497 e. The SMILES string of the molecule is COc1ccc(NC(c2ccc(C)cc2)c2c[nH]c3ccccc23)cc1. The number of fused-ring (bicyclic) bond motifs is 1. The molecule has 1 unspecified atom stereocenters. The third-order valence-electron chi connectivity index (χ3n) is 4.74. The molecule has 1 aromatic heterocycles. The summed E-state index contributed by atoms with van der Waals surface area (Å²) in [7, 11) is 1.68. The van der Waals surface area contributed by atoms with E-state index in [0.717, 1.165) is 17.0 Å². The number of nitrogens with one attached hydrogen (secondary N) is 2. The largest absolute Gasteiger partial charge is 0.497 e. The lowest BCUT2D eigenvalue weighted by Crippen LogP contribution is -2.12. The van der Waals surface area contributed by atoms with E-state index in [1.807, 2.05) is 12.1 Å². The number of H-pyrrole nitrogens is 1. The van der Waals surface area contributed by atoms with Gasteiger partial charge in [0, 0.05) is 28.4 Å². The van der Waals surface area contributed by atoms with Crippen molar-refractivity contribution in [2.75, 3.05) is 12.4 Å². The molecule has 3 nitrogen and oxygen atoms in total. The third-order valence-corrected chi connectivity index (χ3v) is 4.74. The first-order valence-corrected chi connectivity index (χ1v) is 8.78. The molecule has 0 radical (unpaired) electrons. The van der Waals surface area contributed by atoms with Crippen molar-refractivity contribution in [2.24, 2.45) is 0 Å². The maximum Gasteiger partial charge on any atom is 0.119 e. The van der Waals surface area contributed by atoms with E-state index < -0.39 is 0 Å². The Morgan fingerprint density at radius 3 is 2.35 bits per heavy atom. The molecule has 0 saturated carbocycles. The van der Waals surface area contributed by atoms with E-state index in [4.69, 9.17) is 4.74 Å². The molecular weight excluding hydrogens is 320 g/mol. The van der Waals surface area contributed by atoms with Crippen molar-refractivity contribution < 1.29 is 4.74 Å². The number of aryl methyl sites for hydroxylation is 1. The van der Waals surface area contributed by atoms with Gasteiger partial charge in [0.2, 0.25) is 0 Å². The molecule has 1 heterocycles. The number of anilines is 1. The highest BCUT2D eigenvalue weighted by Crippen LogP contribution is 2.32. The van der Waals surface area contributed by atoms with Crippen LogP contribution >= 0.6 is 0 Å². The van der Waals surface area contributed by atoms with Gasteiger partial charge in [-0.25, -0.2) is 0 Å². The number of hydrogen-bond acceptors (Lipinski definition) is 2. The van der Waals surface area contributed by atoms with Crippen molar-refractivity contribution in [1.82, 2.24) is 4.98 Å². The summed E-state index contributed by atoms with van der Waals surface area (Å²) in [4.78, 5) is 3.39. The highest BCUT2D eigenvalue weighted by molar-refractivity contribution is 5.84. The zero-order chi connectivity index (χ0) is 17.9. The average Bonchev–Trinajstić information content (AvgIpc) is 3.11. The maximum absolute atomic E-state index is 5.27. The molecular formula is C23H22N2O. The Hall–Kier alpha value is -3.20. The fourth-order valence-corrected chi connectivity index (χ4v) is 3.29. The predicted molar refractivity (Wildman–Crippen MR) is 108 cm³/mol. The van der Waals surface area contributed by atoms with Crippen LogP contribution < -0.4 is 10.1 Å². The Morgan fingerprint density at radius 2 is 1.62 bits per heavy atom. The monoisotopic (exact) mass is 342 g/mol. The highest BCUT2D eigenvalue weighted by atomic mass is 16.5. The maximum atomic E-state index is 5.27. The second-order valence-electron chi connectivity index (χ2n) is 6.51. The van der Waals surface area contributed by atoms with Crippen LogP contribution in [0.3, 0.4) is 0 Å². The van der Waals surface area contributed by atoms with Crippen molar-refractivity contribution >= 4 is 16.6 Å². The van der Waals surface area contributed by atoms with Crippen molar-refractivity contribution in [3.05, 3.63) is 95.7 Å². The van der Waals surface area contributed by atoms with Gasteiger partial charge < -0.3 is 15.0 Å². The summed E-state index contributed by atoms with van der Waals surface area (Å²) in [6.45, 7) is 2.11. The first-order valence-electron chi connectivity index (χ1n) is 8.78. The number of aromatic nitrogens is 1. The van der Waals surface area contributed by atoms with E-state index in [2.05, 4.69) is 84.1 Å². The number of methoxy groups -OCH3 is 1. The van der Waals surface area contributed by atoms with Crippen LogP contribution in [0.25, 0.3) is 10.9 Å². The van der Waals surface area contributed by atoms with Crippen LogP contribution in [0.5, 0.6) is 5.75 Å². The van der Waals surface area contributed by atoms with Crippen molar-refractivity contribution in [3.63, 3.8) is 0 Å². The molecule has 0 amide bonds. The smallest absolute Gasteiger partial charge is 0.119 e. The van der Waals surface area contributed by atoms with E-state index in [1.165, 1.54) is 22.1 Å². The van der Waals surface area contributed by atoms with Crippen LogP contribution in [0.2, 0.25) is 0 Å². The van der Waals surface area contributed by atoms with Crippen LogP contribution in [-0.4, -0.2) is 12.1 Å². The number of benzene rings is 3. The van der Waals surface area contributed by atoms with Crippen LogP contribution in [0.4, 0.5) is 5.69 Å². The molecule has 0 spiro atoms. The molecule has 130 valence electrons. The molecule has 0 bridgehead atoms. The number of rotatable bonds is 5. The minimum atomic E-state index is 0.0557. The minimum absolute atomic E-state index is 0.0557. The summed E-state index contributed by atoms with van der Waals surface area (Å²) in [5, 5.41) is 4.92. The van der Waals surface area contributed by atoms with Crippen LogP contribution in [0.1, 0.15) is 22.7 Å². The fourth-order valence-electron chi connectivity index (χ4n) is 3.29. The Morgan fingerprint density at radius 1 is 0.885 bits per heavy atom. The second kappa shape index (κ2) is 6.96. The lowest BCUT2D eigenvalue weighted by atomic mass is 9.97. The molecule has 0 aliphatic rings. The third kappa shape index (κ3) is 3.16. The molecule has 0 saturated heterocycles. The van der Waals surface area contributed by atoms with E-state index in [-0.39, 0.29) is 6.04 Å². The molecule has 3 aromatic carbocycles. The molecule has 3 heteroatoms. The summed E-state index contributed by atoms with van der Waals surface area (Å²) < 4.78 is 5.27. The van der Waals surface area contributed by atoms with Gasteiger partial charge >= 0.3 is 0 Å². The van der Waals surface area contributed by atoms with Crippen LogP contribution in [0, 0.1) is 6.92 Å². The number of hydrogen-bond donors (Lipinski definition) is 2. The number of aromatic amines is 1. The van der Waals surface area contributed by atoms with Crippen molar-refractivity contribution in [3.8, 4) is 5.75 Å². The molecule has 26 heavy (non-hydrogen) atoms. The molecule has 4 rings (SSSR count). The first-order chi connectivity index (χ1) is 12.7. The average molecular weight is 342 g/mol. The van der Waals surface area contributed by atoms with Crippen molar-refractivity contribution in [2.45, 2.75) is 13.0 Å². The van der Waals surface area contributed by atoms with Gasteiger partial charge in [0.1, 0.15) is 5.75 Å². The number of para-hydroxylation sites is 1. The standard InChI is InChI=1S/C23H22N2O/c1-16-7-9-17(10-8-16)23(25-18-11-13-19(26-2)14-12-18)21-15-24-22-6-4-3-5-20(21)22/h3-15,23-25H,1-2H3. The van der Waals surface area contributed by atoms with Crippen LogP contribution in [-0.2, 0) is 0 Å². The van der Waals surface area contributed by atoms with Gasteiger partial charge in [-0.05, 0) is 42.8 Å². The van der Waals surface area contributed by atoms with E-state index in [9.17, 15) is 0 Å². The molecule has 2 N–H and O–H groups in total. The molecule has 0 aliphatic heterocycles. The quantitative estimate of drug-likeness (QED) is 0.489. The second-order valence-corrected chi connectivity index (χ2v) is 6.51. The Balaban J connectivity index is 1.77. The van der Waals surface area contributed by atoms with Gasteiger partial charge in [-0.15, -0.1) is 0 Å². The van der Waals surface area contributed by atoms with Gasteiger partial charge in [-0.1, -0.05) is 48.0 Å². The van der Waals surface area contributed by atoms with Gasteiger partial charge in [0.05, 0.1) is 13.2 Å². The lowest BCUT2D eigenvalue weighted by Gasteiger charge is -2.21. The summed E-state index contributed by atoms with van der Waals surface area (Å²) in [6, 6.07) is 25.2. The first kappa shape index (κ1) is 16.3. The van der Waals surface area contributed by atoms with E-state index in [1.54, 1.807) is 7.11 Å². The predicted octanol–water partition coefficient (Wildman–Crippen LogP) is 5.69. The van der Waals surface area contributed by atoms with E-state index >= 15 is 0 Å². The zero-order valence-electron chi connectivity index (χ0n) is 15.0. The Labute approximate surface area is 153 Å². The molecule has 0 aliphatic carbocycles. The van der Waals surface area contributed by atoms with Crippen molar-refractivity contribution in [1.29, 1.82) is 0 Å². The Bertz CT molecular complexity index is 1000. The molecule has 0 fully saturated rings. The zero-order valence-corrected chi connectivity index (χ0v) is 15.0. The summed E-state index contributed by atoms with van der Waals surface area (Å²) >= 11 is 0.